The Morgan fingerprint density at radius 1 is 0.821 bits per heavy atom. The first-order valence-corrected chi connectivity index (χ1v) is 8.99. The van der Waals surface area contributed by atoms with Gasteiger partial charge in [-0.3, -0.25) is 4.79 Å². The van der Waals surface area contributed by atoms with Crippen molar-refractivity contribution < 1.29 is 13.9 Å². The lowest BCUT2D eigenvalue weighted by molar-refractivity contribution is 0.102. The summed E-state index contributed by atoms with van der Waals surface area (Å²) in [5, 5.41) is 2.91. The number of hydrogen-bond acceptors (Lipinski definition) is 3. The number of furan rings is 1. The van der Waals surface area contributed by atoms with Crippen molar-refractivity contribution in [1.29, 1.82) is 0 Å². The summed E-state index contributed by atoms with van der Waals surface area (Å²) in [4.78, 5) is 12.7. The van der Waals surface area contributed by atoms with Gasteiger partial charge in [-0.25, -0.2) is 0 Å². The molecule has 0 aliphatic rings. The smallest absolute Gasteiger partial charge is 0.259 e. The van der Waals surface area contributed by atoms with E-state index in [2.05, 4.69) is 5.32 Å². The van der Waals surface area contributed by atoms with Crippen molar-refractivity contribution in [3.8, 4) is 22.8 Å². The summed E-state index contributed by atoms with van der Waals surface area (Å²) in [5.74, 6) is 2.42. The Kier molecular flexibility index (Phi) is 4.93. The van der Waals surface area contributed by atoms with Gasteiger partial charge < -0.3 is 14.5 Å². The SMILES string of the molecule is Cc1oc(-c2ccccc2)cc1C(=O)Nc1cccc(Oc2ccccc2)c1. The van der Waals surface area contributed by atoms with E-state index in [1.807, 2.05) is 78.9 Å². The van der Waals surface area contributed by atoms with Gasteiger partial charge in [0.25, 0.3) is 5.91 Å². The Morgan fingerprint density at radius 2 is 1.50 bits per heavy atom. The van der Waals surface area contributed by atoms with Gasteiger partial charge in [0.2, 0.25) is 0 Å². The maximum Gasteiger partial charge on any atom is 0.259 e. The maximum atomic E-state index is 12.7. The van der Waals surface area contributed by atoms with Crippen LogP contribution >= 0.6 is 0 Å². The Hall–Kier alpha value is -3.79. The summed E-state index contributed by atoms with van der Waals surface area (Å²) in [6.45, 7) is 1.79. The standard InChI is InChI=1S/C24H19NO3/c1-17-22(16-23(27-17)18-9-4-2-5-10-18)24(26)25-19-11-8-14-21(15-19)28-20-12-6-3-7-13-20/h2-16H,1H3,(H,25,26). The van der Waals surface area contributed by atoms with Gasteiger partial charge in [0, 0.05) is 17.3 Å². The monoisotopic (exact) mass is 369 g/mol. The van der Waals surface area contributed by atoms with Crippen LogP contribution in [0.2, 0.25) is 0 Å². The molecule has 1 aromatic heterocycles. The number of hydrogen-bond donors (Lipinski definition) is 1. The molecule has 138 valence electrons. The van der Waals surface area contributed by atoms with Crippen LogP contribution in [0.25, 0.3) is 11.3 Å². The molecule has 1 N–H and O–H groups in total. The largest absolute Gasteiger partial charge is 0.461 e. The van der Waals surface area contributed by atoms with E-state index in [0.29, 0.717) is 28.5 Å². The van der Waals surface area contributed by atoms with Crippen LogP contribution in [0.1, 0.15) is 16.1 Å². The van der Waals surface area contributed by atoms with Crippen molar-refractivity contribution in [3.63, 3.8) is 0 Å². The predicted molar refractivity (Wildman–Crippen MR) is 110 cm³/mol. The molecule has 4 aromatic rings. The fourth-order valence-electron chi connectivity index (χ4n) is 2.91. The molecule has 0 bridgehead atoms. The van der Waals surface area contributed by atoms with Crippen LogP contribution in [-0.2, 0) is 0 Å². The molecule has 0 spiro atoms. The Balaban J connectivity index is 1.51. The molecule has 3 aromatic carbocycles. The molecular weight excluding hydrogens is 350 g/mol. The van der Waals surface area contributed by atoms with Crippen molar-refractivity contribution in [2.75, 3.05) is 5.32 Å². The number of carbonyl (C=O) groups excluding carboxylic acids is 1. The fraction of sp³-hybridized carbons (Fsp3) is 0.0417. The minimum Gasteiger partial charge on any atom is -0.461 e. The van der Waals surface area contributed by atoms with Gasteiger partial charge in [-0.15, -0.1) is 0 Å². The third-order valence-electron chi connectivity index (χ3n) is 4.29. The molecule has 4 rings (SSSR count). The van der Waals surface area contributed by atoms with Crippen molar-refractivity contribution in [3.05, 3.63) is 102 Å². The van der Waals surface area contributed by atoms with Gasteiger partial charge in [-0.2, -0.15) is 0 Å². The average Bonchev–Trinajstić information content (AvgIpc) is 3.12. The first-order valence-electron chi connectivity index (χ1n) is 8.99. The zero-order chi connectivity index (χ0) is 19.3. The van der Waals surface area contributed by atoms with Crippen molar-refractivity contribution in [2.24, 2.45) is 0 Å². The van der Waals surface area contributed by atoms with Gasteiger partial charge in [-0.05, 0) is 37.3 Å². The maximum absolute atomic E-state index is 12.7. The van der Waals surface area contributed by atoms with Gasteiger partial charge in [0.15, 0.2) is 0 Å². The number of benzene rings is 3. The minimum atomic E-state index is -0.222. The Bertz CT molecular complexity index is 1090. The van der Waals surface area contributed by atoms with Crippen LogP contribution in [0.3, 0.4) is 0 Å². The van der Waals surface area contributed by atoms with Crippen molar-refractivity contribution >= 4 is 11.6 Å². The quantitative estimate of drug-likeness (QED) is 0.449. The van der Waals surface area contributed by atoms with E-state index in [9.17, 15) is 4.79 Å². The van der Waals surface area contributed by atoms with Gasteiger partial charge >= 0.3 is 0 Å². The van der Waals surface area contributed by atoms with Gasteiger partial charge in [0.1, 0.15) is 23.0 Å². The molecule has 0 saturated carbocycles. The molecule has 0 saturated heterocycles. The van der Waals surface area contributed by atoms with E-state index < -0.39 is 0 Å². The topological polar surface area (TPSA) is 51.5 Å². The van der Waals surface area contributed by atoms with E-state index in [1.165, 1.54) is 0 Å². The molecule has 1 heterocycles. The summed E-state index contributed by atoms with van der Waals surface area (Å²) in [6, 6.07) is 28.3. The number of para-hydroxylation sites is 1. The van der Waals surface area contributed by atoms with Crippen LogP contribution in [0, 0.1) is 6.92 Å². The van der Waals surface area contributed by atoms with E-state index in [-0.39, 0.29) is 5.91 Å². The lowest BCUT2D eigenvalue weighted by Gasteiger charge is -2.08. The zero-order valence-corrected chi connectivity index (χ0v) is 15.4. The number of rotatable bonds is 5. The molecule has 0 unspecified atom stereocenters. The van der Waals surface area contributed by atoms with E-state index >= 15 is 0 Å². The highest BCUT2D eigenvalue weighted by Crippen LogP contribution is 2.27. The number of anilines is 1. The van der Waals surface area contributed by atoms with Gasteiger partial charge in [0.05, 0.1) is 5.56 Å². The van der Waals surface area contributed by atoms with Crippen LogP contribution in [-0.4, -0.2) is 5.91 Å². The van der Waals surface area contributed by atoms with Crippen LogP contribution < -0.4 is 10.1 Å². The second kappa shape index (κ2) is 7.84. The summed E-state index contributed by atoms with van der Waals surface area (Å²) in [6.07, 6.45) is 0. The van der Waals surface area contributed by atoms with E-state index in [0.717, 1.165) is 11.3 Å². The molecule has 0 aliphatic heterocycles. The molecule has 4 nitrogen and oxygen atoms in total. The number of amides is 1. The van der Waals surface area contributed by atoms with Crippen molar-refractivity contribution in [1.82, 2.24) is 0 Å². The molecular formula is C24H19NO3. The summed E-state index contributed by atoms with van der Waals surface area (Å²) in [5.41, 5.74) is 2.09. The van der Waals surface area contributed by atoms with Gasteiger partial charge in [-0.1, -0.05) is 54.6 Å². The summed E-state index contributed by atoms with van der Waals surface area (Å²) < 4.78 is 11.6. The number of ether oxygens (including phenoxy) is 1. The molecule has 0 aliphatic carbocycles. The predicted octanol–water partition coefficient (Wildman–Crippen LogP) is 6.30. The third kappa shape index (κ3) is 3.96. The highest BCUT2D eigenvalue weighted by molar-refractivity contribution is 6.05. The second-order valence-corrected chi connectivity index (χ2v) is 6.34. The second-order valence-electron chi connectivity index (χ2n) is 6.34. The van der Waals surface area contributed by atoms with E-state index in [4.69, 9.17) is 9.15 Å². The minimum absolute atomic E-state index is 0.222. The third-order valence-corrected chi connectivity index (χ3v) is 4.29. The molecule has 4 heteroatoms. The normalized spacial score (nSPS) is 10.5. The van der Waals surface area contributed by atoms with Crippen LogP contribution in [0.5, 0.6) is 11.5 Å². The number of aryl methyl sites for hydroxylation is 1. The highest BCUT2D eigenvalue weighted by atomic mass is 16.5. The summed E-state index contributed by atoms with van der Waals surface area (Å²) >= 11 is 0. The fourth-order valence-corrected chi connectivity index (χ4v) is 2.91. The molecule has 1 amide bonds. The number of carbonyl (C=O) groups is 1. The Labute approximate surface area is 163 Å². The van der Waals surface area contributed by atoms with Crippen LogP contribution in [0.4, 0.5) is 5.69 Å². The number of nitrogens with one attached hydrogen (secondary N) is 1. The van der Waals surface area contributed by atoms with E-state index in [1.54, 1.807) is 19.1 Å². The highest BCUT2D eigenvalue weighted by Gasteiger charge is 2.16. The van der Waals surface area contributed by atoms with Crippen molar-refractivity contribution in [2.45, 2.75) is 6.92 Å². The molecule has 28 heavy (non-hydrogen) atoms. The lowest BCUT2D eigenvalue weighted by atomic mass is 10.1. The Morgan fingerprint density at radius 3 is 2.25 bits per heavy atom. The zero-order valence-electron chi connectivity index (χ0n) is 15.4. The molecule has 0 radical (unpaired) electrons. The summed E-state index contributed by atoms with van der Waals surface area (Å²) in [7, 11) is 0. The lowest BCUT2D eigenvalue weighted by Crippen LogP contribution is -2.12. The molecule has 0 atom stereocenters. The first-order chi connectivity index (χ1) is 13.7. The molecule has 0 fully saturated rings. The first kappa shape index (κ1) is 17.6. The average molecular weight is 369 g/mol. The van der Waals surface area contributed by atoms with Crippen LogP contribution in [0.15, 0.2) is 95.4 Å².